The van der Waals surface area contributed by atoms with Gasteiger partial charge in [0.1, 0.15) is 12.6 Å². The first-order chi connectivity index (χ1) is 16.6. The van der Waals surface area contributed by atoms with Crippen molar-refractivity contribution in [3.63, 3.8) is 0 Å². The largest absolute Gasteiger partial charge is 0.481 e. The molecule has 1 aliphatic carbocycles. The van der Waals surface area contributed by atoms with Gasteiger partial charge in [-0.25, -0.2) is 4.79 Å². The fourth-order valence-corrected chi connectivity index (χ4v) is 4.59. The Hall–Kier alpha value is -3.35. The molecule has 2 aromatic rings. The Morgan fingerprint density at radius 1 is 1.00 bits per heavy atom. The molecule has 0 aromatic heterocycles. The molecule has 7 heteroatoms. The Bertz CT molecular complexity index is 1010. The number of alkyl carbamates (subject to hydrolysis) is 1. The van der Waals surface area contributed by atoms with Crippen molar-refractivity contribution < 1.29 is 24.2 Å². The van der Waals surface area contributed by atoms with E-state index >= 15 is 0 Å². The van der Waals surface area contributed by atoms with Gasteiger partial charge in [0.05, 0.1) is 0 Å². The molecule has 3 rings (SSSR count). The summed E-state index contributed by atoms with van der Waals surface area (Å²) in [6.07, 6.45) is 0.543. The minimum absolute atomic E-state index is 0.0571. The molecule has 7 nitrogen and oxygen atoms in total. The second kappa shape index (κ2) is 11.4. The van der Waals surface area contributed by atoms with Gasteiger partial charge in [-0.1, -0.05) is 69.3 Å². The van der Waals surface area contributed by atoms with Crippen molar-refractivity contribution in [2.45, 2.75) is 58.9 Å². The first-order valence-corrected chi connectivity index (χ1v) is 12.3. The summed E-state index contributed by atoms with van der Waals surface area (Å²) in [6.45, 7) is 8.68. The Morgan fingerprint density at radius 3 is 2.09 bits per heavy atom. The number of likely N-dealkylation sites (N-methyl/N-ethyl adjacent to an activating group) is 1. The highest BCUT2D eigenvalue weighted by Gasteiger charge is 2.36. The predicted molar refractivity (Wildman–Crippen MR) is 135 cm³/mol. The lowest BCUT2D eigenvalue weighted by molar-refractivity contribution is -0.137. The van der Waals surface area contributed by atoms with Gasteiger partial charge in [0.2, 0.25) is 5.91 Å². The van der Waals surface area contributed by atoms with Crippen molar-refractivity contribution in [3.8, 4) is 11.1 Å². The third kappa shape index (κ3) is 6.41. The number of hydrogen-bond donors (Lipinski definition) is 2. The number of rotatable bonds is 10. The monoisotopic (exact) mass is 480 g/mol. The van der Waals surface area contributed by atoms with Crippen molar-refractivity contribution in [2.75, 3.05) is 19.7 Å². The van der Waals surface area contributed by atoms with Crippen molar-refractivity contribution in [1.29, 1.82) is 0 Å². The Balaban J connectivity index is 1.65. The number of nitrogens with one attached hydrogen (secondary N) is 1. The second-order valence-corrected chi connectivity index (χ2v) is 10.0. The van der Waals surface area contributed by atoms with Gasteiger partial charge < -0.3 is 20.1 Å². The number of benzene rings is 2. The highest BCUT2D eigenvalue weighted by Crippen LogP contribution is 2.44. The van der Waals surface area contributed by atoms with Crippen LogP contribution in [0, 0.1) is 5.41 Å². The lowest BCUT2D eigenvalue weighted by Gasteiger charge is -2.34. The van der Waals surface area contributed by atoms with E-state index < -0.39 is 23.5 Å². The van der Waals surface area contributed by atoms with Crippen LogP contribution in [-0.4, -0.2) is 53.7 Å². The number of fused-ring (bicyclic) bond motifs is 3. The summed E-state index contributed by atoms with van der Waals surface area (Å²) in [5, 5.41) is 11.6. The minimum Gasteiger partial charge on any atom is -0.481 e. The van der Waals surface area contributed by atoms with Crippen LogP contribution in [0.25, 0.3) is 11.1 Å². The Labute approximate surface area is 207 Å². The molecule has 2 amide bonds. The molecule has 0 spiro atoms. The Morgan fingerprint density at radius 2 is 1.57 bits per heavy atom. The van der Waals surface area contributed by atoms with Crippen molar-refractivity contribution in [1.82, 2.24) is 10.2 Å². The van der Waals surface area contributed by atoms with Crippen LogP contribution in [0.2, 0.25) is 0 Å². The highest BCUT2D eigenvalue weighted by molar-refractivity contribution is 5.86. The molecule has 0 saturated carbocycles. The van der Waals surface area contributed by atoms with Gasteiger partial charge >= 0.3 is 12.1 Å². The number of hydrogen-bond acceptors (Lipinski definition) is 4. The van der Waals surface area contributed by atoms with Crippen LogP contribution < -0.4 is 5.32 Å². The first kappa shape index (κ1) is 26.3. The number of aliphatic carboxylic acids is 1. The summed E-state index contributed by atoms with van der Waals surface area (Å²) < 4.78 is 5.67. The number of nitrogens with zero attached hydrogens (tertiary/aromatic N) is 1. The van der Waals surface area contributed by atoms with Crippen LogP contribution in [0.4, 0.5) is 4.79 Å². The van der Waals surface area contributed by atoms with Crippen LogP contribution in [-0.2, 0) is 14.3 Å². The molecular formula is C28H36N2O5. The van der Waals surface area contributed by atoms with Gasteiger partial charge in [0.25, 0.3) is 0 Å². The Kier molecular flexibility index (Phi) is 8.54. The van der Waals surface area contributed by atoms with E-state index in [1.807, 2.05) is 52.0 Å². The van der Waals surface area contributed by atoms with Gasteiger partial charge in [-0.15, -0.1) is 0 Å². The molecule has 0 radical (unpaired) electrons. The van der Waals surface area contributed by atoms with Gasteiger partial charge in [-0.05, 0) is 47.4 Å². The van der Waals surface area contributed by atoms with Crippen molar-refractivity contribution >= 4 is 18.0 Å². The van der Waals surface area contributed by atoms with Crippen molar-refractivity contribution in [2.24, 2.45) is 5.41 Å². The summed E-state index contributed by atoms with van der Waals surface area (Å²) in [5.41, 5.74) is 4.03. The molecule has 0 aliphatic heterocycles. The van der Waals surface area contributed by atoms with E-state index in [0.29, 0.717) is 25.9 Å². The van der Waals surface area contributed by atoms with E-state index in [9.17, 15) is 14.4 Å². The summed E-state index contributed by atoms with van der Waals surface area (Å²) in [5.74, 6) is -1.09. The van der Waals surface area contributed by atoms with E-state index in [4.69, 9.17) is 9.84 Å². The first-order valence-electron chi connectivity index (χ1n) is 12.3. The zero-order valence-corrected chi connectivity index (χ0v) is 21.0. The van der Waals surface area contributed by atoms with E-state index in [1.54, 1.807) is 4.90 Å². The van der Waals surface area contributed by atoms with Crippen LogP contribution >= 0.6 is 0 Å². The lowest BCUT2D eigenvalue weighted by atomic mass is 9.85. The molecule has 1 atom stereocenters. The van der Waals surface area contributed by atoms with Crippen LogP contribution in [0.3, 0.4) is 0 Å². The molecule has 2 aromatic carbocycles. The second-order valence-electron chi connectivity index (χ2n) is 10.0. The average molecular weight is 481 g/mol. The fourth-order valence-electron chi connectivity index (χ4n) is 4.59. The minimum atomic E-state index is -0.844. The van der Waals surface area contributed by atoms with Crippen molar-refractivity contribution in [3.05, 3.63) is 59.7 Å². The topological polar surface area (TPSA) is 95.9 Å². The molecule has 1 aliphatic rings. The van der Waals surface area contributed by atoms with Gasteiger partial charge in [-0.3, -0.25) is 9.59 Å². The van der Waals surface area contributed by atoms with E-state index in [0.717, 1.165) is 22.3 Å². The molecule has 188 valence electrons. The molecule has 0 fully saturated rings. The standard InChI is InChI=1S/C28H36N2O5/c1-5-30(17-11-10-16-24(31)32)26(33)25(28(2,3)4)29-27(34)35-18-23-21-14-8-6-12-19(21)20-13-7-9-15-22(20)23/h6-9,12-15,23,25H,5,10-11,16-18H2,1-4H3,(H,29,34)(H,31,32)/t25-/m0/s1. The van der Waals surface area contributed by atoms with Crippen LogP contribution in [0.15, 0.2) is 48.5 Å². The fraction of sp³-hybridized carbons (Fsp3) is 0.464. The molecule has 0 heterocycles. The van der Waals surface area contributed by atoms with E-state index in [1.165, 1.54) is 0 Å². The molecule has 2 N–H and O–H groups in total. The van der Waals surface area contributed by atoms with Gasteiger partial charge in [0, 0.05) is 25.4 Å². The zero-order chi connectivity index (χ0) is 25.6. The molecule has 0 saturated heterocycles. The van der Waals surface area contributed by atoms with Crippen LogP contribution in [0.5, 0.6) is 0 Å². The number of carboxylic acid groups (broad SMARTS) is 1. The third-order valence-corrected chi connectivity index (χ3v) is 6.48. The third-order valence-electron chi connectivity index (χ3n) is 6.48. The van der Waals surface area contributed by atoms with E-state index in [-0.39, 0.29) is 24.9 Å². The van der Waals surface area contributed by atoms with Gasteiger partial charge in [0.15, 0.2) is 0 Å². The smallest absolute Gasteiger partial charge is 0.407 e. The summed E-state index contributed by atoms with van der Waals surface area (Å²) >= 11 is 0. The number of ether oxygens (including phenoxy) is 1. The quantitative estimate of drug-likeness (QED) is 0.464. The molecular weight excluding hydrogens is 444 g/mol. The summed E-state index contributed by atoms with van der Waals surface area (Å²) in [7, 11) is 0. The maximum absolute atomic E-state index is 13.3. The normalized spacial score (nSPS) is 13.5. The number of carbonyl (C=O) groups is 3. The number of carboxylic acids is 1. The maximum Gasteiger partial charge on any atom is 0.407 e. The zero-order valence-electron chi connectivity index (χ0n) is 21.0. The lowest BCUT2D eigenvalue weighted by Crippen LogP contribution is -2.55. The van der Waals surface area contributed by atoms with Gasteiger partial charge in [-0.2, -0.15) is 0 Å². The van der Waals surface area contributed by atoms with Crippen LogP contribution in [0.1, 0.15) is 64.0 Å². The average Bonchev–Trinajstić information content (AvgIpc) is 3.14. The summed E-state index contributed by atoms with van der Waals surface area (Å²) in [6, 6.07) is 15.5. The number of carbonyl (C=O) groups excluding carboxylic acids is 2. The maximum atomic E-state index is 13.3. The SMILES string of the molecule is CCN(CCCCC(=O)O)C(=O)[C@H](NC(=O)OCC1c2ccccc2-c2ccccc21)C(C)(C)C. The molecule has 35 heavy (non-hydrogen) atoms. The highest BCUT2D eigenvalue weighted by atomic mass is 16.5. The summed E-state index contributed by atoms with van der Waals surface area (Å²) in [4.78, 5) is 38.6. The molecule has 0 bridgehead atoms. The predicted octanol–water partition coefficient (Wildman–Crippen LogP) is 5.04. The number of amides is 2. The number of unbranched alkanes of at least 4 members (excludes halogenated alkanes) is 1. The molecule has 0 unspecified atom stereocenters. The van der Waals surface area contributed by atoms with E-state index in [2.05, 4.69) is 29.6 Å².